The summed E-state index contributed by atoms with van der Waals surface area (Å²) in [5.41, 5.74) is 1.03. The second-order valence-corrected chi connectivity index (χ2v) is 6.24. The van der Waals surface area contributed by atoms with Crippen LogP contribution in [0.4, 0.5) is 10.3 Å². The molecule has 2 aliphatic rings. The van der Waals surface area contributed by atoms with Gasteiger partial charge in [-0.25, -0.2) is 14.4 Å². The van der Waals surface area contributed by atoms with E-state index < -0.39 is 5.82 Å². The van der Waals surface area contributed by atoms with Crippen molar-refractivity contribution in [1.29, 1.82) is 0 Å². The number of hydrogen-bond acceptors (Lipinski definition) is 5. The van der Waals surface area contributed by atoms with Gasteiger partial charge in [0, 0.05) is 31.9 Å². The highest BCUT2D eigenvalue weighted by molar-refractivity contribution is 5.78. The molecule has 1 amide bonds. The van der Waals surface area contributed by atoms with Gasteiger partial charge in [0.25, 0.3) is 0 Å². The first-order valence-electron chi connectivity index (χ1n) is 8.15. The second-order valence-electron chi connectivity index (χ2n) is 6.24. The minimum atomic E-state index is -0.438. The Kier molecular flexibility index (Phi) is 3.84. The van der Waals surface area contributed by atoms with Crippen molar-refractivity contribution in [2.24, 2.45) is 0 Å². The lowest BCUT2D eigenvalue weighted by atomic mass is 9.96. The van der Waals surface area contributed by atoms with Crippen molar-refractivity contribution in [3.8, 4) is 0 Å². The average molecular weight is 327 g/mol. The molecule has 0 aliphatic carbocycles. The predicted octanol–water partition coefficient (Wildman–Crippen LogP) is 1.78. The number of hydrogen-bond donors (Lipinski definition) is 0. The summed E-state index contributed by atoms with van der Waals surface area (Å²) in [6.07, 6.45) is 8.08. The van der Waals surface area contributed by atoms with Gasteiger partial charge in [0.1, 0.15) is 0 Å². The highest BCUT2D eigenvalue weighted by Crippen LogP contribution is 2.34. The van der Waals surface area contributed by atoms with Crippen LogP contribution in [0, 0.1) is 5.82 Å². The Labute approximate surface area is 139 Å². The molecule has 6 nitrogen and oxygen atoms in total. The number of carbonyl (C=O) groups is 1. The van der Waals surface area contributed by atoms with Crippen LogP contribution in [0.1, 0.15) is 24.8 Å². The van der Waals surface area contributed by atoms with E-state index in [1.54, 1.807) is 12.4 Å². The number of nitrogens with zero attached hydrogens (tertiary/aromatic N) is 5. The number of fused-ring (bicyclic) bond motifs is 1. The highest BCUT2D eigenvalue weighted by Gasteiger charge is 2.43. The number of anilines is 1. The zero-order valence-corrected chi connectivity index (χ0v) is 13.2. The van der Waals surface area contributed by atoms with E-state index in [1.165, 1.54) is 12.4 Å². The van der Waals surface area contributed by atoms with Gasteiger partial charge in [0.05, 0.1) is 24.5 Å². The van der Waals surface area contributed by atoms with Crippen molar-refractivity contribution >= 4 is 11.9 Å². The van der Waals surface area contributed by atoms with Crippen molar-refractivity contribution in [2.75, 3.05) is 11.4 Å². The fourth-order valence-electron chi connectivity index (χ4n) is 3.74. The van der Waals surface area contributed by atoms with Crippen molar-refractivity contribution in [1.82, 2.24) is 19.9 Å². The quantitative estimate of drug-likeness (QED) is 0.860. The fourth-order valence-corrected chi connectivity index (χ4v) is 3.74. The van der Waals surface area contributed by atoms with Crippen LogP contribution in [0.3, 0.4) is 0 Å². The summed E-state index contributed by atoms with van der Waals surface area (Å²) in [6, 6.07) is 4.19. The van der Waals surface area contributed by atoms with Crippen LogP contribution in [0.2, 0.25) is 0 Å². The normalized spacial score (nSPS) is 23.5. The van der Waals surface area contributed by atoms with Crippen molar-refractivity contribution in [2.45, 2.75) is 37.9 Å². The number of aromatic nitrogens is 3. The van der Waals surface area contributed by atoms with Crippen molar-refractivity contribution in [3.05, 3.63) is 48.3 Å². The van der Waals surface area contributed by atoms with Gasteiger partial charge in [-0.05, 0) is 24.5 Å². The van der Waals surface area contributed by atoms with Crippen molar-refractivity contribution in [3.63, 3.8) is 0 Å². The van der Waals surface area contributed by atoms with E-state index in [0.29, 0.717) is 18.9 Å². The number of carbonyl (C=O) groups excluding carboxylic acids is 1. The molecule has 4 rings (SSSR count). The van der Waals surface area contributed by atoms with E-state index >= 15 is 0 Å². The van der Waals surface area contributed by atoms with Gasteiger partial charge in [-0.3, -0.25) is 9.78 Å². The number of likely N-dealkylation sites (tertiary alicyclic amines) is 1. The molecule has 2 aliphatic heterocycles. The molecule has 2 aromatic heterocycles. The SMILES string of the molecule is O=C1CC[C@@H]2[C@@H](CCN2c2ncc(F)cn2)N1Cc1cccnc1. The van der Waals surface area contributed by atoms with E-state index in [2.05, 4.69) is 19.9 Å². The lowest BCUT2D eigenvalue weighted by Crippen LogP contribution is -2.52. The third kappa shape index (κ3) is 2.70. The molecule has 124 valence electrons. The average Bonchev–Trinajstić information content (AvgIpc) is 3.03. The molecule has 0 N–H and O–H groups in total. The molecular formula is C17H18FN5O. The molecule has 2 atom stereocenters. The largest absolute Gasteiger partial charge is 0.336 e. The standard InChI is InChI=1S/C17H18FN5O/c18-13-9-20-17(21-10-13)22-7-5-15-14(22)3-4-16(24)23(15)11-12-2-1-6-19-8-12/h1-2,6,8-10,14-15H,3-5,7,11H2/t14-,15-/m1/s1. The summed E-state index contributed by atoms with van der Waals surface area (Å²) in [7, 11) is 0. The first kappa shape index (κ1) is 15.0. The van der Waals surface area contributed by atoms with Crippen molar-refractivity contribution < 1.29 is 9.18 Å². The Bertz CT molecular complexity index is 724. The molecular weight excluding hydrogens is 309 g/mol. The van der Waals surface area contributed by atoms with Crippen LogP contribution in [-0.4, -0.2) is 44.4 Å². The van der Waals surface area contributed by atoms with E-state index in [-0.39, 0.29) is 18.0 Å². The van der Waals surface area contributed by atoms with Gasteiger partial charge in [0.15, 0.2) is 5.82 Å². The number of rotatable bonds is 3. The van der Waals surface area contributed by atoms with E-state index in [0.717, 1.165) is 24.9 Å². The third-order valence-electron chi connectivity index (χ3n) is 4.82. The van der Waals surface area contributed by atoms with E-state index in [9.17, 15) is 9.18 Å². The highest BCUT2D eigenvalue weighted by atomic mass is 19.1. The molecule has 2 fully saturated rings. The summed E-state index contributed by atoms with van der Waals surface area (Å²) >= 11 is 0. The first-order valence-corrected chi connectivity index (χ1v) is 8.15. The fraction of sp³-hybridized carbons (Fsp3) is 0.412. The Morgan fingerprint density at radius 1 is 1.17 bits per heavy atom. The summed E-state index contributed by atoms with van der Waals surface area (Å²) in [4.78, 5) is 28.8. The van der Waals surface area contributed by atoms with Gasteiger partial charge in [0.2, 0.25) is 11.9 Å². The Balaban J connectivity index is 1.56. The van der Waals surface area contributed by atoms with Gasteiger partial charge < -0.3 is 9.80 Å². The molecule has 0 aromatic carbocycles. The summed E-state index contributed by atoms with van der Waals surface area (Å²) in [6.45, 7) is 1.35. The molecule has 0 radical (unpaired) electrons. The third-order valence-corrected chi connectivity index (χ3v) is 4.82. The molecule has 0 saturated carbocycles. The molecule has 0 unspecified atom stereocenters. The number of piperidine rings is 1. The lowest BCUT2D eigenvalue weighted by molar-refractivity contribution is -0.137. The molecule has 24 heavy (non-hydrogen) atoms. The first-order chi connectivity index (χ1) is 11.7. The molecule has 0 spiro atoms. The minimum absolute atomic E-state index is 0.139. The summed E-state index contributed by atoms with van der Waals surface area (Å²) < 4.78 is 13.1. The van der Waals surface area contributed by atoms with Crippen LogP contribution in [0.15, 0.2) is 36.9 Å². The van der Waals surface area contributed by atoms with Gasteiger partial charge in [-0.15, -0.1) is 0 Å². The zero-order chi connectivity index (χ0) is 16.5. The second kappa shape index (κ2) is 6.14. The van der Waals surface area contributed by atoms with E-state index in [1.807, 2.05) is 17.0 Å². The molecule has 2 saturated heterocycles. The topological polar surface area (TPSA) is 62.2 Å². The van der Waals surface area contributed by atoms with Crippen LogP contribution in [0.5, 0.6) is 0 Å². The van der Waals surface area contributed by atoms with Crippen LogP contribution in [-0.2, 0) is 11.3 Å². The monoisotopic (exact) mass is 327 g/mol. The minimum Gasteiger partial charge on any atom is -0.336 e. The number of halogens is 1. The van der Waals surface area contributed by atoms with Crippen LogP contribution in [0.25, 0.3) is 0 Å². The molecule has 4 heterocycles. The number of pyridine rings is 1. The summed E-state index contributed by atoms with van der Waals surface area (Å²) in [5, 5.41) is 0. The van der Waals surface area contributed by atoms with Gasteiger partial charge in [-0.1, -0.05) is 6.07 Å². The van der Waals surface area contributed by atoms with Gasteiger partial charge >= 0.3 is 0 Å². The van der Waals surface area contributed by atoms with E-state index in [4.69, 9.17) is 0 Å². The Morgan fingerprint density at radius 2 is 2.00 bits per heavy atom. The maximum absolute atomic E-state index is 13.1. The zero-order valence-electron chi connectivity index (χ0n) is 13.2. The molecule has 0 bridgehead atoms. The van der Waals surface area contributed by atoms with Gasteiger partial charge in [-0.2, -0.15) is 0 Å². The summed E-state index contributed by atoms with van der Waals surface area (Å²) in [5.74, 6) is 0.285. The predicted molar refractivity (Wildman–Crippen MR) is 85.6 cm³/mol. The smallest absolute Gasteiger partial charge is 0.225 e. The maximum atomic E-state index is 13.1. The van der Waals surface area contributed by atoms with Crippen LogP contribution >= 0.6 is 0 Å². The Hall–Kier alpha value is -2.57. The molecule has 7 heteroatoms. The Morgan fingerprint density at radius 3 is 2.75 bits per heavy atom. The lowest BCUT2D eigenvalue weighted by Gasteiger charge is -2.39. The molecule has 2 aromatic rings. The number of amides is 1. The maximum Gasteiger partial charge on any atom is 0.225 e. The van der Waals surface area contributed by atoms with Crippen LogP contribution < -0.4 is 4.90 Å².